The average Bonchev–Trinajstić information content (AvgIpc) is 3.23. The van der Waals surface area contributed by atoms with Gasteiger partial charge in [-0.2, -0.15) is 18.2 Å². The normalized spacial score (nSPS) is 17.5. The van der Waals surface area contributed by atoms with E-state index in [0.717, 1.165) is 30.7 Å². The fraction of sp³-hybridized carbons (Fsp3) is 0.318. The number of hydrogen-bond acceptors (Lipinski definition) is 5. The summed E-state index contributed by atoms with van der Waals surface area (Å²) in [4.78, 5) is 19.1. The molecule has 1 atom stereocenters. The molecule has 2 aromatic carbocycles. The van der Waals surface area contributed by atoms with Crippen LogP contribution < -0.4 is 5.32 Å². The minimum atomic E-state index is -4.45. The van der Waals surface area contributed by atoms with Gasteiger partial charge >= 0.3 is 6.18 Å². The van der Waals surface area contributed by atoms with Crippen molar-refractivity contribution in [1.29, 1.82) is 0 Å². The van der Waals surface area contributed by atoms with Gasteiger partial charge in [0.25, 0.3) is 0 Å². The predicted molar refractivity (Wildman–Crippen MR) is 108 cm³/mol. The number of anilines is 1. The largest absolute Gasteiger partial charge is 0.416 e. The monoisotopic (exact) mass is 430 g/mol. The molecule has 1 fully saturated rings. The summed E-state index contributed by atoms with van der Waals surface area (Å²) in [5.41, 5.74) is 0.206. The van der Waals surface area contributed by atoms with Crippen molar-refractivity contribution in [2.24, 2.45) is 5.92 Å². The summed E-state index contributed by atoms with van der Waals surface area (Å²) < 4.78 is 44.0. The van der Waals surface area contributed by atoms with Gasteiger partial charge in [-0.3, -0.25) is 9.69 Å². The minimum Gasteiger partial charge on any atom is -0.338 e. The molecule has 9 heteroatoms. The van der Waals surface area contributed by atoms with Crippen molar-refractivity contribution in [2.45, 2.75) is 25.6 Å². The Morgan fingerprint density at radius 2 is 1.97 bits per heavy atom. The van der Waals surface area contributed by atoms with E-state index in [1.807, 2.05) is 35.2 Å². The summed E-state index contributed by atoms with van der Waals surface area (Å²) in [6.07, 6.45) is -2.99. The molecule has 1 aromatic heterocycles. The first-order chi connectivity index (χ1) is 14.9. The lowest BCUT2D eigenvalue weighted by Crippen LogP contribution is -2.40. The Hall–Kier alpha value is -3.20. The van der Waals surface area contributed by atoms with Crippen molar-refractivity contribution in [3.8, 4) is 11.4 Å². The number of piperidine rings is 1. The lowest BCUT2D eigenvalue weighted by atomic mass is 9.97. The second-order valence-corrected chi connectivity index (χ2v) is 7.52. The SMILES string of the molecule is O=C(Nc1cccc(C(F)(F)F)c1)C1CCCN(Cc2nc(-c3ccccc3)no2)C1. The molecule has 1 aliphatic rings. The number of alkyl halides is 3. The van der Waals surface area contributed by atoms with Crippen molar-refractivity contribution in [1.82, 2.24) is 15.0 Å². The van der Waals surface area contributed by atoms with E-state index in [9.17, 15) is 18.0 Å². The minimum absolute atomic E-state index is 0.140. The molecular weight excluding hydrogens is 409 g/mol. The summed E-state index contributed by atoms with van der Waals surface area (Å²) in [6.45, 7) is 1.65. The highest BCUT2D eigenvalue weighted by molar-refractivity contribution is 5.92. The Kier molecular flexibility index (Phi) is 6.03. The van der Waals surface area contributed by atoms with E-state index >= 15 is 0 Å². The smallest absolute Gasteiger partial charge is 0.338 e. The van der Waals surface area contributed by atoms with Crippen LogP contribution in [0.25, 0.3) is 11.4 Å². The molecule has 0 bridgehead atoms. The number of aromatic nitrogens is 2. The lowest BCUT2D eigenvalue weighted by Gasteiger charge is -2.30. The van der Waals surface area contributed by atoms with Crippen molar-refractivity contribution in [3.05, 3.63) is 66.1 Å². The quantitative estimate of drug-likeness (QED) is 0.640. The van der Waals surface area contributed by atoms with Gasteiger partial charge in [-0.05, 0) is 37.6 Å². The van der Waals surface area contributed by atoms with Crippen LogP contribution in [0.1, 0.15) is 24.3 Å². The molecule has 31 heavy (non-hydrogen) atoms. The molecule has 1 amide bonds. The lowest BCUT2D eigenvalue weighted by molar-refractivity contribution is -0.137. The van der Waals surface area contributed by atoms with E-state index in [1.165, 1.54) is 12.1 Å². The third kappa shape index (κ3) is 5.29. The fourth-order valence-corrected chi connectivity index (χ4v) is 3.65. The third-order valence-corrected chi connectivity index (χ3v) is 5.19. The number of likely N-dealkylation sites (tertiary alicyclic amines) is 1. The van der Waals surface area contributed by atoms with Gasteiger partial charge in [0.05, 0.1) is 18.0 Å². The maximum atomic E-state index is 12.9. The first kappa shape index (κ1) is 21.0. The van der Waals surface area contributed by atoms with Crippen molar-refractivity contribution >= 4 is 11.6 Å². The Morgan fingerprint density at radius 1 is 1.16 bits per heavy atom. The fourth-order valence-electron chi connectivity index (χ4n) is 3.65. The zero-order valence-electron chi connectivity index (χ0n) is 16.6. The average molecular weight is 430 g/mol. The Morgan fingerprint density at radius 3 is 2.74 bits per heavy atom. The van der Waals surface area contributed by atoms with Crippen molar-refractivity contribution < 1.29 is 22.5 Å². The van der Waals surface area contributed by atoms with E-state index < -0.39 is 11.7 Å². The zero-order valence-corrected chi connectivity index (χ0v) is 16.6. The topological polar surface area (TPSA) is 71.3 Å². The third-order valence-electron chi connectivity index (χ3n) is 5.19. The maximum Gasteiger partial charge on any atom is 0.416 e. The number of benzene rings is 2. The van der Waals surface area contributed by atoms with Crippen LogP contribution >= 0.6 is 0 Å². The van der Waals surface area contributed by atoms with E-state index in [-0.39, 0.29) is 17.5 Å². The van der Waals surface area contributed by atoms with Gasteiger partial charge in [-0.25, -0.2) is 0 Å². The van der Waals surface area contributed by atoms with E-state index in [0.29, 0.717) is 31.2 Å². The molecular formula is C22H21F3N4O2. The first-order valence-corrected chi connectivity index (χ1v) is 9.97. The number of carbonyl (C=O) groups excluding carboxylic acids is 1. The molecule has 1 unspecified atom stereocenters. The van der Waals surface area contributed by atoms with E-state index in [1.54, 1.807) is 0 Å². The van der Waals surface area contributed by atoms with Gasteiger partial charge in [0.2, 0.25) is 17.6 Å². The number of nitrogens with one attached hydrogen (secondary N) is 1. The van der Waals surface area contributed by atoms with E-state index in [4.69, 9.17) is 4.52 Å². The number of halogens is 3. The Balaban J connectivity index is 1.36. The highest BCUT2D eigenvalue weighted by atomic mass is 19.4. The molecule has 3 aromatic rings. The molecule has 0 aliphatic carbocycles. The Labute approximate surface area is 177 Å². The van der Waals surface area contributed by atoms with Gasteiger partial charge in [-0.15, -0.1) is 0 Å². The van der Waals surface area contributed by atoms with Gasteiger partial charge in [0.1, 0.15) is 0 Å². The molecule has 2 heterocycles. The summed E-state index contributed by atoms with van der Waals surface area (Å²) in [5, 5.41) is 6.62. The second kappa shape index (κ2) is 8.89. The number of rotatable bonds is 5. The van der Waals surface area contributed by atoms with Crippen LogP contribution in [0, 0.1) is 5.92 Å². The molecule has 162 valence electrons. The van der Waals surface area contributed by atoms with E-state index in [2.05, 4.69) is 15.5 Å². The number of hydrogen-bond donors (Lipinski definition) is 1. The molecule has 4 rings (SSSR count). The molecule has 1 N–H and O–H groups in total. The summed E-state index contributed by atoms with van der Waals surface area (Å²) in [6, 6.07) is 14.1. The zero-order chi connectivity index (χ0) is 21.8. The van der Waals surface area contributed by atoms with Crippen molar-refractivity contribution in [2.75, 3.05) is 18.4 Å². The second-order valence-electron chi connectivity index (χ2n) is 7.52. The standard InChI is InChI=1S/C22H21F3N4O2/c23-22(24,25)17-9-4-10-18(12-17)26-21(30)16-8-5-11-29(13-16)14-19-27-20(28-31-19)15-6-2-1-3-7-15/h1-4,6-7,9-10,12,16H,5,8,11,13-14H2,(H,26,30). The number of amides is 1. The van der Waals surface area contributed by atoms with Crippen LogP contribution in [0.2, 0.25) is 0 Å². The van der Waals surface area contributed by atoms with Crippen molar-refractivity contribution in [3.63, 3.8) is 0 Å². The van der Waals surface area contributed by atoms with Gasteiger partial charge in [0, 0.05) is 17.8 Å². The summed E-state index contributed by atoms with van der Waals surface area (Å²) >= 11 is 0. The highest BCUT2D eigenvalue weighted by Gasteiger charge is 2.31. The van der Waals surface area contributed by atoms with Crippen LogP contribution in [-0.2, 0) is 17.5 Å². The molecule has 1 aliphatic heterocycles. The van der Waals surface area contributed by atoms with Crippen LogP contribution in [0.3, 0.4) is 0 Å². The maximum absolute atomic E-state index is 12.9. The van der Waals surface area contributed by atoms with Crippen LogP contribution in [0.15, 0.2) is 59.1 Å². The molecule has 6 nitrogen and oxygen atoms in total. The van der Waals surface area contributed by atoms with Gasteiger partial charge < -0.3 is 9.84 Å². The van der Waals surface area contributed by atoms with Crippen LogP contribution in [0.5, 0.6) is 0 Å². The molecule has 1 saturated heterocycles. The Bertz CT molecular complexity index is 1040. The van der Waals surface area contributed by atoms with Crippen LogP contribution in [-0.4, -0.2) is 34.0 Å². The molecule has 0 saturated carbocycles. The first-order valence-electron chi connectivity index (χ1n) is 9.97. The number of carbonyl (C=O) groups is 1. The van der Waals surface area contributed by atoms with Gasteiger partial charge in [-0.1, -0.05) is 41.6 Å². The predicted octanol–water partition coefficient (Wildman–Crippen LogP) is 4.61. The summed E-state index contributed by atoms with van der Waals surface area (Å²) in [5.74, 6) is 0.337. The molecule has 0 radical (unpaired) electrons. The number of nitrogens with zero attached hydrogens (tertiary/aromatic N) is 3. The molecule has 0 spiro atoms. The van der Waals surface area contributed by atoms with Crippen LogP contribution in [0.4, 0.5) is 18.9 Å². The highest BCUT2D eigenvalue weighted by Crippen LogP contribution is 2.31. The summed E-state index contributed by atoms with van der Waals surface area (Å²) in [7, 11) is 0. The van der Waals surface area contributed by atoms with Gasteiger partial charge in [0.15, 0.2) is 0 Å².